The Balaban J connectivity index is 0.000000558. The smallest absolute Gasteiger partial charge is 0.293 e. The van der Waals surface area contributed by atoms with Crippen LogP contribution in [0.15, 0.2) is 70.9 Å². The minimum atomic E-state index is -0.955. The minimum absolute atomic E-state index is 0.0731. The fourth-order valence-electron chi connectivity index (χ4n) is 9.17. The summed E-state index contributed by atoms with van der Waals surface area (Å²) < 4.78 is 6.47. The second kappa shape index (κ2) is 23.4. The Kier molecular flexibility index (Phi) is 17.5. The van der Waals surface area contributed by atoms with E-state index in [1.807, 2.05) is 35.8 Å². The molecule has 17 nitrogen and oxygen atoms in total. The van der Waals surface area contributed by atoms with E-state index in [9.17, 15) is 29.4 Å². The first-order chi connectivity index (χ1) is 32.8. The molecule has 2 saturated heterocycles. The van der Waals surface area contributed by atoms with E-state index in [0.717, 1.165) is 42.2 Å². The molecule has 362 valence electrons. The zero-order chi connectivity index (χ0) is 49.1. The molecule has 68 heavy (non-hydrogen) atoms. The van der Waals surface area contributed by atoms with Crippen molar-refractivity contribution < 1.29 is 34.4 Å². The Labute approximate surface area is 401 Å². The Morgan fingerprint density at radius 3 is 2.31 bits per heavy atom. The van der Waals surface area contributed by atoms with Crippen molar-refractivity contribution in [1.29, 1.82) is 5.26 Å². The Morgan fingerprint density at radius 2 is 1.66 bits per heavy atom. The van der Waals surface area contributed by atoms with Gasteiger partial charge in [-0.1, -0.05) is 44.7 Å². The fourth-order valence-corrected chi connectivity index (χ4v) is 9.39. The lowest BCUT2D eigenvalue weighted by Crippen LogP contribution is -2.51. The van der Waals surface area contributed by atoms with E-state index in [-0.39, 0.29) is 76.7 Å². The number of carbonyl (C=O) groups is 3. The van der Waals surface area contributed by atoms with Crippen LogP contribution in [0.2, 0.25) is 5.02 Å². The summed E-state index contributed by atoms with van der Waals surface area (Å²) >= 11 is 5.55. The number of allylic oxidation sites excluding steroid dienone is 2. The van der Waals surface area contributed by atoms with Crippen LogP contribution in [0.1, 0.15) is 99.6 Å². The lowest BCUT2D eigenvalue weighted by molar-refractivity contribution is -0.138. The van der Waals surface area contributed by atoms with Crippen LogP contribution in [-0.2, 0) is 38.8 Å². The maximum Gasteiger partial charge on any atom is 0.293 e. The topological polar surface area (TPSA) is 254 Å². The van der Waals surface area contributed by atoms with Crippen molar-refractivity contribution in [2.75, 3.05) is 39.3 Å². The molecule has 0 bridgehead atoms. The molecule has 3 fully saturated rings. The molecule has 3 aliphatic heterocycles. The number of pyridine rings is 2. The average molecular weight is 953 g/mol. The van der Waals surface area contributed by atoms with Gasteiger partial charge in [0.05, 0.1) is 57.2 Å². The third-order valence-electron chi connectivity index (χ3n) is 12.9. The van der Waals surface area contributed by atoms with Crippen LogP contribution in [0, 0.1) is 17.2 Å². The number of piperidine rings is 1. The average Bonchev–Trinajstić information content (AvgIpc) is 3.71. The van der Waals surface area contributed by atoms with Crippen molar-refractivity contribution in [3.63, 3.8) is 0 Å². The second-order valence-electron chi connectivity index (χ2n) is 17.2. The van der Waals surface area contributed by atoms with E-state index in [1.165, 1.54) is 24.6 Å². The van der Waals surface area contributed by atoms with E-state index in [2.05, 4.69) is 10.2 Å². The van der Waals surface area contributed by atoms with Gasteiger partial charge in [-0.2, -0.15) is 5.26 Å². The number of hydrogen-bond donors (Lipinski definition) is 6. The highest BCUT2D eigenvalue weighted by Crippen LogP contribution is 2.37. The number of halogens is 1. The molecule has 0 radical (unpaired) electrons. The summed E-state index contributed by atoms with van der Waals surface area (Å²) in [4.78, 5) is 61.6. The molecule has 8 rings (SSSR count). The Morgan fingerprint density at radius 1 is 0.956 bits per heavy atom. The van der Waals surface area contributed by atoms with Gasteiger partial charge in [0.15, 0.2) is 0 Å². The molecule has 0 spiro atoms. The number of nitrogens with one attached hydrogen (secondary N) is 1. The number of phenols is 2. The number of ether oxygens (including phenoxy) is 1. The summed E-state index contributed by atoms with van der Waals surface area (Å²) in [5, 5.41) is 42.8. The normalized spacial score (nSPS) is 17.1. The van der Waals surface area contributed by atoms with Crippen LogP contribution in [0.5, 0.6) is 11.5 Å². The number of phenolic OH excluding ortho intramolecular Hbond substituents is 2. The molecule has 1 unspecified atom stereocenters. The molecule has 1 aliphatic carbocycles. The molecule has 4 aromatic rings. The number of aromatic hydroxyl groups is 2. The number of carbonyl (C=O) groups excluding carboxylic acids is 3. The number of aliphatic hydroxyl groups excluding tert-OH is 1. The highest BCUT2D eigenvalue weighted by atomic mass is 35.5. The van der Waals surface area contributed by atoms with Gasteiger partial charge >= 0.3 is 0 Å². The number of rotatable bonds is 11. The summed E-state index contributed by atoms with van der Waals surface area (Å²) in [7, 11) is 0. The predicted octanol–water partition coefficient (Wildman–Crippen LogP) is 5.25. The zero-order valence-corrected chi connectivity index (χ0v) is 39.7. The summed E-state index contributed by atoms with van der Waals surface area (Å²) in [6, 6.07) is 13.4. The standard InChI is InChI=1S/C41H52N8O7.C7H4ClNO.C2H6/c1-25(51)29-20-35-38-27(21-49(35)41(55)32(29)23-56-24-50)19-30-31(36(52)9-8-34(30)45-38)22-46-15-17-48(18-16-46)40(54)26-11-13-47(14-12-26)37(43)10-7-33(42)39(53)44-28-5-3-2-4-6-28;8-7-3-6(10)2-1-5(7)4-9;1-2/h7-10,19-20,24-26,28,51-52H,2-6,11-18,21-23,42-43H2,1H3,(H,44,53);1-3,10H;1-2H3/b33-7-,37-10+;;. The fraction of sp³-hybridized carbons (Fsp3) is 0.440. The van der Waals surface area contributed by atoms with Crippen molar-refractivity contribution in [2.24, 2.45) is 17.4 Å². The lowest BCUT2D eigenvalue weighted by atomic mass is 9.95. The number of likely N-dealkylation sites (tertiary alicyclic amines) is 1. The number of nitriles is 1. The van der Waals surface area contributed by atoms with Crippen molar-refractivity contribution in [3.05, 3.63) is 109 Å². The molecule has 2 aromatic heterocycles. The van der Waals surface area contributed by atoms with E-state index in [4.69, 9.17) is 43.2 Å². The molecule has 2 amide bonds. The molecular formula is C50H62ClN9O8. The molecule has 8 N–H and O–H groups in total. The third kappa shape index (κ3) is 11.9. The second-order valence-corrected chi connectivity index (χ2v) is 17.6. The molecule has 5 heterocycles. The molecule has 18 heteroatoms. The highest BCUT2D eigenvalue weighted by Gasteiger charge is 2.32. The van der Waals surface area contributed by atoms with Gasteiger partial charge in [-0.3, -0.25) is 24.1 Å². The van der Waals surface area contributed by atoms with Gasteiger partial charge in [0.25, 0.3) is 17.9 Å². The van der Waals surface area contributed by atoms with Gasteiger partial charge in [-0.25, -0.2) is 4.98 Å². The predicted molar refractivity (Wildman–Crippen MR) is 259 cm³/mol. The number of amides is 2. The third-order valence-corrected chi connectivity index (χ3v) is 13.2. The summed E-state index contributed by atoms with van der Waals surface area (Å²) in [5.41, 5.74) is 16.6. The van der Waals surface area contributed by atoms with Crippen LogP contribution < -0.4 is 22.3 Å². The molecule has 1 atom stereocenters. The van der Waals surface area contributed by atoms with Gasteiger partial charge in [-0.15, -0.1) is 0 Å². The Bertz CT molecular complexity index is 2640. The number of fused-ring (bicyclic) bond motifs is 4. The first kappa shape index (κ1) is 50.8. The van der Waals surface area contributed by atoms with Crippen LogP contribution in [0.25, 0.3) is 22.3 Å². The number of hydrogen-bond acceptors (Lipinski definition) is 14. The molecular weight excluding hydrogens is 890 g/mol. The van der Waals surface area contributed by atoms with Crippen molar-refractivity contribution >= 4 is 40.8 Å². The van der Waals surface area contributed by atoms with Crippen LogP contribution in [-0.4, -0.2) is 103 Å². The molecule has 2 aromatic carbocycles. The van der Waals surface area contributed by atoms with E-state index >= 15 is 0 Å². The van der Waals surface area contributed by atoms with E-state index < -0.39 is 6.10 Å². The number of nitrogens with two attached hydrogens (primary N) is 2. The maximum absolute atomic E-state index is 13.6. The van der Waals surface area contributed by atoms with Gasteiger partial charge in [-0.05, 0) is 92.8 Å². The van der Waals surface area contributed by atoms with Gasteiger partial charge in [0, 0.05) is 74.3 Å². The van der Waals surface area contributed by atoms with Crippen molar-refractivity contribution in [3.8, 4) is 29.0 Å². The van der Waals surface area contributed by atoms with Crippen LogP contribution in [0.4, 0.5) is 0 Å². The largest absolute Gasteiger partial charge is 0.508 e. The Hall–Kier alpha value is -6.61. The van der Waals surface area contributed by atoms with Crippen molar-refractivity contribution in [2.45, 2.75) is 97.6 Å². The number of benzene rings is 2. The number of piperazine rings is 1. The van der Waals surface area contributed by atoms with E-state index in [0.29, 0.717) is 92.5 Å². The monoisotopic (exact) mass is 951 g/mol. The van der Waals surface area contributed by atoms with Crippen LogP contribution in [0.3, 0.4) is 0 Å². The SMILES string of the molecule is CC.CC(O)c1cc2n(c(=O)c1COC=O)Cc1cc3c(CN4CCN(C(=O)C5CCN(/C(N)=C/C=C(\N)C(=O)NC6CCCCC6)CC5)CC4)c(O)ccc3nc1-2.N#Cc1ccc(O)cc1Cl. The van der Waals surface area contributed by atoms with Crippen LogP contribution >= 0.6 is 11.6 Å². The van der Waals surface area contributed by atoms with Crippen molar-refractivity contribution in [1.82, 2.24) is 29.6 Å². The maximum atomic E-state index is 13.6. The molecule has 4 aliphatic rings. The quantitative estimate of drug-likeness (QED) is 0.0562. The van der Waals surface area contributed by atoms with E-state index in [1.54, 1.807) is 41.8 Å². The zero-order valence-electron chi connectivity index (χ0n) is 38.9. The summed E-state index contributed by atoms with van der Waals surface area (Å²) in [5.74, 6) is 0.536. The van der Waals surface area contributed by atoms with Gasteiger partial charge in [0.1, 0.15) is 24.2 Å². The number of nitrogens with zero attached hydrogens (tertiary/aromatic N) is 6. The minimum Gasteiger partial charge on any atom is -0.508 e. The summed E-state index contributed by atoms with van der Waals surface area (Å²) in [6.45, 7) is 10.0. The molecule has 1 saturated carbocycles. The number of aliphatic hydroxyl groups is 1. The first-order valence-corrected chi connectivity index (χ1v) is 23.7. The first-order valence-electron chi connectivity index (χ1n) is 23.3. The highest BCUT2D eigenvalue weighted by molar-refractivity contribution is 6.31. The van der Waals surface area contributed by atoms with Gasteiger partial charge < -0.3 is 51.2 Å². The van der Waals surface area contributed by atoms with Gasteiger partial charge in [0.2, 0.25) is 5.91 Å². The lowest BCUT2D eigenvalue weighted by Gasteiger charge is -2.39. The number of aromatic nitrogens is 2. The summed E-state index contributed by atoms with van der Waals surface area (Å²) in [6.07, 6.45) is 9.06.